The minimum Gasteiger partial charge on any atom is -0.363 e. The third-order valence-corrected chi connectivity index (χ3v) is 5.48. The molecule has 1 amide bonds. The van der Waals surface area contributed by atoms with Crippen LogP contribution in [0.15, 0.2) is 36.7 Å². The van der Waals surface area contributed by atoms with E-state index >= 15 is 0 Å². The summed E-state index contributed by atoms with van der Waals surface area (Å²) in [5.41, 5.74) is 6.40. The molecule has 3 N–H and O–H groups in total. The molecule has 9 heteroatoms. The molecular formula is C20H22ClN7O. The third kappa shape index (κ3) is 4.27. The zero-order valence-corrected chi connectivity index (χ0v) is 16.6. The molecule has 0 saturated carbocycles. The first-order valence-corrected chi connectivity index (χ1v) is 9.99. The van der Waals surface area contributed by atoms with E-state index in [2.05, 4.69) is 31.0 Å². The molecule has 2 aliphatic rings. The largest absolute Gasteiger partial charge is 0.363 e. The molecular weight excluding hydrogens is 390 g/mol. The van der Waals surface area contributed by atoms with Crippen molar-refractivity contribution in [2.24, 2.45) is 0 Å². The average Bonchev–Trinajstić information content (AvgIpc) is 3.35. The van der Waals surface area contributed by atoms with Gasteiger partial charge in [-0.2, -0.15) is 5.26 Å². The molecule has 1 fully saturated rings. The summed E-state index contributed by atoms with van der Waals surface area (Å²) in [5.74, 6) is -0.479. The Bertz CT molecular complexity index is 939. The molecule has 0 aliphatic carbocycles. The lowest BCUT2D eigenvalue weighted by Gasteiger charge is -2.24. The number of hydrogen-bond donors (Lipinski definition) is 3. The highest BCUT2D eigenvalue weighted by Gasteiger charge is 2.29. The standard InChI is InChI=1S/C20H22ClN7O/c21-14-3-4-18-16(11-14)19(26-28(18)10-9-27-7-1-2-8-27)25-17-12-23-6-5-15(17)20(29)24-13-22/h3-6,11-12,19,25-26H,1-2,7-10H2,(H,24,29). The molecule has 1 unspecified atom stereocenters. The smallest absolute Gasteiger partial charge is 0.266 e. The fourth-order valence-electron chi connectivity index (χ4n) is 3.82. The number of pyridine rings is 1. The van der Waals surface area contributed by atoms with E-state index in [9.17, 15) is 4.79 Å². The first kappa shape index (κ1) is 19.5. The van der Waals surface area contributed by atoms with Crippen molar-refractivity contribution in [2.75, 3.05) is 36.5 Å². The Morgan fingerprint density at radius 3 is 2.93 bits per heavy atom. The first-order valence-electron chi connectivity index (χ1n) is 9.61. The van der Waals surface area contributed by atoms with Crippen molar-refractivity contribution in [3.63, 3.8) is 0 Å². The molecule has 2 aromatic rings. The second kappa shape index (κ2) is 8.66. The second-order valence-corrected chi connectivity index (χ2v) is 7.53. The van der Waals surface area contributed by atoms with Crippen molar-refractivity contribution in [1.82, 2.24) is 20.6 Å². The maximum Gasteiger partial charge on any atom is 0.266 e. The number of likely N-dealkylation sites (tertiary alicyclic amines) is 1. The van der Waals surface area contributed by atoms with Crippen molar-refractivity contribution in [2.45, 2.75) is 19.0 Å². The van der Waals surface area contributed by atoms with Crippen molar-refractivity contribution in [1.29, 1.82) is 5.26 Å². The number of nitrogens with one attached hydrogen (secondary N) is 3. The van der Waals surface area contributed by atoms with Gasteiger partial charge >= 0.3 is 0 Å². The number of amides is 1. The molecule has 0 spiro atoms. The molecule has 150 valence electrons. The highest BCUT2D eigenvalue weighted by atomic mass is 35.5. The van der Waals surface area contributed by atoms with Crippen LogP contribution in [0.25, 0.3) is 0 Å². The number of hydrogen-bond acceptors (Lipinski definition) is 7. The lowest BCUT2D eigenvalue weighted by molar-refractivity contribution is 0.0973. The Kier molecular flexibility index (Phi) is 5.81. The molecule has 3 heterocycles. The third-order valence-electron chi connectivity index (χ3n) is 5.25. The van der Waals surface area contributed by atoms with Crippen LogP contribution in [0.1, 0.15) is 34.9 Å². The molecule has 1 aromatic carbocycles. The van der Waals surface area contributed by atoms with Crippen molar-refractivity contribution in [3.8, 4) is 6.19 Å². The maximum absolute atomic E-state index is 12.2. The minimum absolute atomic E-state index is 0.278. The van der Waals surface area contributed by atoms with Gasteiger partial charge in [-0.15, -0.1) is 0 Å². The molecule has 1 aromatic heterocycles. The fraction of sp³-hybridized carbons (Fsp3) is 0.350. The van der Waals surface area contributed by atoms with Crippen LogP contribution < -0.4 is 21.1 Å². The van der Waals surface area contributed by atoms with E-state index in [4.69, 9.17) is 16.9 Å². The Morgan fingerprint density at radius 2 is 2.14 bits per heavy atom. The summed E-state index contributed by atoms with van der Waals surface area (Å²) in [6.45, 7) is 4.11. The predicted octanol–water partition coefficient (Wildman–Crippen LogP) is 2.48. The SMILES string of the molecule is N#CNC(=O)c1ccncc1NC1NN(CCN2CCCC2)c2ccc(Cl)cc21. The number of aromatic nitrogens is 1. The monoisotopic (exact) mass is 411 g/mol. The van der Waals surface area contributed by atoms with Gasteiger partial charge in [-0.25, -0.2) is 5.43 Å². The lowest BCUT2D eigenvalue weighted by Crippen LogP contribution is -2.41. The number of anilines is 2. The normalized spacial score (nSPS) is 18.3. The first-order chi connectivity index (χ1) is 14.2. The van der Waals surface area contributed by atoms with Crippen LogP contribution in [0.2, 0.25) is 5.02 Å². The number of carbonyl (C=O) groups excluding carboxylic acids is 1. The Labute approximate surface area is 174 Å². The summed E-state index contributed by atoms with van der Waals surface area (Å²) in [4.78, 5) is 18.8. The number of fused-ring (bicyclic) bond motifs is 1. The molecule has 29 heavy (non-hydrogen) atoms. The second-order valence-electron chi connectivity index (χ2n) is 7.10. The summed E-state index contributed by atoms with van der Waals surface area (Å²) in [5, 5.41) is 17.0. The van der Waals surface area contributed by atoms with Gasteiger partial charge < -0.3 is 15.2 Å². The quantitative estimate of drug-likeness (QED) is 0.496. The summed E-state index contributed by atoms with van der Waals surface area (Å²) in [7, 11) is 0. The summed E-state index contributed by atoms with van der Waals surface area (Å²) in [6.07, 6.45) is 7.01. The Hall–Kier alpha value is -2.86. The zero-order valence-electron chi connectivity index (χ0n) is 15.9. The average molecular weight is 412 g/mol. The molecule has 0 bridgehead atoms. The van der Waals surface area contributed by atoms with Gasteiger partial charge in [0.2, 0.25) is 0 Å². The summed E-state index contributed by atoms with van der Waals surface area (Å²) >= 11 is 6.25. The van der Waals surface area contributed by atoms with Crippen LogP contribution in [-0.2, 0) is 0 Å². The van der Waals surface area contributed by atoms with Gasteiger partial charge in [-0.1, -0.05) is 11.6 Å². The summed E-state index contributed by atoms with van der Waals surface area (Å²) in [6, 6.07) is 7.38. The number of halogens is 1. The van der Waals surface area contributed by atoms with Crippen LogP contribution in [0.3, 0.4) is 0 Å². The highest BCUT2D eigenvalue weighted by molar-refractivity contribution is 6.30. The summed E-state index contributed by atoms with van der Waals surface area (Å²) < 4.78 is 0. The maximum atomic E-state index is 12.2. The van der Waals surface area contributed by atoms with Gasteiger partial charge in [0.1, 0.15) is 6.17 Å². The van der Waals surface area contributed by atoms with E-state index in [1.165, 1.54) is 19.0 Å². The van der Waals surface area contributed by atoms with Crippen LogP contribution in [0, 0.1) is 11.5 Å². The molecule has 8 nitrogen and oxygen atoms in total. The van der Waals surface area contributed by atoms with Crippen molar-refractivity contribution in [3.05, 3.63) is 52.8 Å². The predicted molar refractivity (Wildman–Crippen MR) is 111 cm³/mol. The molecule has 2 aliphatic heterocycles. The molecule has 4 rings (SSSR count). The van der Waals surface area contributed by atoms with Gasteiger partial charge in [-0.3, -0.25) is 15.1 Å². The number of nitrogens with zero attached hydrogens (tertiary/aromatic N) is 4. The van der Waals surface area contributed by atoms with Gasteiger partial charge in [0.05, 0.1) is 23.1 Å². The molecule has 1 atom stereocenters. The van der Waals surface area contributed by atoms with E-state index in [0.29, 0.717) is 16.3 Å². The number of benzene rings is 1. The Balaban J connectivity index is 1.55. The van der Waals surface area contributed by atoms with Gasteiger partial charge in [0.15, 0.2) is 6.19 Å². The van der Waals surface area contributed by atoms with E-state index in [0.717, 1.165) is 37.4 Å². The van der Waals surface area contributed by atoms with Crippen LogP contribution in [0.4, 0.5) is 11.4 Å². The lowest BCUT2D eigenvalue weighted by atomic mass is 10.1. The number of carbonyl (C=O) groups is 1. The zero-order chi connectivity index (χ0) is 20.2. The Morgan fingerprint density at radius 1 is 1.31 bits per heavy atom. The highest BCUT2D eigenvalue weighted by Crippen LogP contribution is 2.35. The van der Waals surface area contributed by atoms with Gasteiger partial charge in [0.25, 0.3) is 5.91 Å². The van der Waals surface area contributed by atoms with Gasteiger partial charge in [-0.05, 0) is 50.2 Å². The van der Waals surface area contributed by atoms with Gasteiger partial charge in [0, 0.05) is 29.9 Å². The number of nitriles is 1. The molecule has 0 radical (unpaired) electrons. The van der Waals surface area contributed by atoms with E-state index in [1.54, 1.807) is 18.5 Å². The number of hydrazine groups is 1. The van der Waals surface area contributed by atoms with Crippen molar-refractivity contribution < 1.29 is 4.79 Å². The fourth-order valence-corrected chi connectivity index (χ4v) is 4.00. The van der Waals surface area contributed by atoms with E-state index < -0.39 is 5.91 Å². The number of rotatable bonds is 6. The van der Waals surface area contributed by atoms with Crippen LogP contribution in [-0.4, -0.2) is 42.0 Å². The van der Waals surface area contributed by atoms with Crippen LogP contribution in [0.5, 0.6) is 0 Å². The van der Waals surface area contributed by atoms with E-state index in [1.807, 2.05) is 18.2 Å². The van der Waals surface area contributed by atoms with E-state index in [-0.39, 0.29) is 6.17 Å². The van der Waals surface area contributed by atoms with Crippen molar-refractivity contribution >= 4 is 28.9 Å². The van der Waals surface area contributed by atoms with Crippen LogP contribution >= 0.6 is 11.6 Å². The molecule has 1 saturated heterocycles. The topological polar surface area (TPSA) is 96.3 Å². The minimum atomic E-state index is -0.479.